The third kappa shape index (κ3) is 5.71. The van der Waals surface area contributed by atoms with Crippen molar-refractivity contribution >= 4 is 8.32 Å². The van der Waals surface area contributed by atoms with Gasteiger partial charge >= 0.3 is 0 Å². The summed E-state index contributed by atoms with van der Waals surface area (Å²) in [6.45, 7) is 10.1. The lowest BCUT2D eigenvalue weighted by atomic mass is 9.56. The maximum atomic E-state index is 10.7. The van der Waals surface area contributed by atoms with Crippen LogP contribution in [0.1, 0.15) is 114 Å². The van der Waals surface area contributed by atoms with E-state index < -0.39 is 27.6 Å². The quantitative estimate of drug-likeness (QED) is 0.378. The molecule has 2 saturated carbocycles. The first kappa shape index (κ1) is 18.5. The van der Waals surface area contributed by atoms with Crippen molar-refractivity contribution in [2.45, 2.75) is 136 Å². The molecule has 0 spiro atoms. The lowest BCUT2D eigenvalue weighted by molar-refractivity contribution is -0.0511. The normalized spacial score (nSPS) is 36.5. The van der Waals surface area contributed by atoms with Crippen LogP contribution in [0.25, 0.3) is 0 Å². The number of hydrogen-bond donors (Lipinski definition) is 2. The highest BCUT2D eigenvalue weighted by Crippen LogP contribution is 2.63. The Balaban J connectivity index is 2.26. The summed E-state index contributed by atoms with van der Waals surface area (Å²) in [4.78, 5) is 0. The molecule has 0 radical (unpaired) electrons. The van der Waals surface area contributed by atoms with Crippen molar-refractivity contribution in [1.29, 1.82) is 0 Å². The van der Waals surface area contributed by atoms with E-state index in [2.05, 4.69) is 47.7 Å². The van der Waals surface area contributed by atoms with Crippen molar-refractivity contribution < 1.29 is 22.9 Å². The van der Waals surface area contributed by atoms with Gasteiger partial charge in [-0.05, 0) is 99.4 Å². The Labute approximate surface area is 196 Å². The summed E-state index contributed by atoms with van der Waals surface area (Å²) in [5.74, 6) is 0.770. The summed E-state index contributed by atoms with van der Waals surface area (Å²) in [7, 11) is -1.92. The summed E-state index contributed by atoms with van der Waals surface area (Å²) < 4.78 is 53.1. The lowest BCUT2D eigenvalue weighted by Crippen LogP contribution is -2.51. The van der Waals surface area contributed by atoms with Crippen molar-refractivity contribution in [3.63, 3.8) is 0 Å². The van der Waals surface area contributed by atoms with Crippen LogP contribution in [0.4, 0.5) is 0 Å². The zero-order chi connectivity index (χ0) is 28.0. The fourth-order valence-electron chi connectivity index (χ4n) is 6.44. The van der Waals surface area contributed by atoms with Gasteiger partial charge in [0.15, 0.2) is 8.32 Å². The minimum absolute atomic E-state index is 0.0282. The monoisotopic (exact) mass is 446 g/mol. The van der Waals surface area contributed by atoms with Crippen molar-refractivity contribution in [3.8, 4) is 0 Å². The Bertz CT molecular complexity index is 733. The Morgan fingerprint density at radius 2 is 1.73 bits per heavy atom. The molecule has 2 aliphatic rings. The second-order valence-corrected chi connectivity index (χ2v) is 17.1. The molecule has 2 aliphatic carbocycles. The standard InChI is InChI=1S/C26H52O3Si/c1-23(2,3)30(8,9)29-21-12-10-17-26(7)20(21)13-14-22(26)25(6,18-19-27)16-11-15-24(4,5)28/h20-22,27-28H,10-19H2,1-9H3/t20?,21-,22+,25?,26-/m0/s1/i4D3,5D3. The molecule has 0 aromatic carbocycles. The topological polar surface area (TPSA) is 49.7 Å². The van der Waals surface area contributed by atoms with E-state index >= 15 is 0 Å². The zero-order valence-electron chi connectivity index (χ0n) is 26.6. The molecule has 0 aliphatic heterocycles. The van der Waals surface area contributed by atoms with E-state index in [0.29, 0.717) is 24.7 Å². The predicted molar refractivity (Wildman–Crippen MR) is 130 cm³/mol. The van der Waals surface area contributed by atoms with Crippen molar-refractivity contribution in [3.05, 3.63) is 0 Å². The van der Waals surface area contributed by atoms with Crippen LogP contribution < -0.4 is 0 Å². The van der Waals surface area contributed by atoms with Gasteiger partial charge in [0.2, 0.25) is 0 Å². The molecule has 2 unspecified atom stereocenters. The molecule has 0 aromatic rings. The maximum absolute atomic E-state index is 10.7. The third-order valence-electron chi connectivity index (χ3n) is 9.13. The molecule has 4 heteroatoms. The van der Waals surface area contributed by atoms with E-state index in [4.69, 9.17) is 12.7 Å². The van der Waals surface area contributed by atoms with Crippen LogP contribution in [0.5, 0.6) is 0 Å². The molecule has 2 N–H and O–H groups in total. The van der Waals surface area contributed by atoms with Gasteiger partial charge in [0, 0.05) is 20.9 Å². The smallest absolute Gasteiger partial charge is 0.192 e. The summed E-state index contributed by atoms with van der Waals surface area (Å²) in [6.07, 6.45) is 6.76. The molecule has 30 heavy (non-hydrogen) atoms. The molecular formula is C26H52O3Si. The van der Waals surface area contributed by atoms with Gasteiger partial charge in [-0.15, -0.1) is 0 Å². The lowest BCUT2D eigenvalue weighted by Gasteiger charge is -2.52. The van der Waals surface area contributed by atoms with Crippen LogP contribution in [0, 0.1) is 22.7 Å². The molecule has 2 fully saturated rings. The van der Waals surface area contributed by atoms with E-state index in [0.717, 1.165) is 32.1 Å². The Kier molecular flexibility index (Phi) is 5.65. The first-order valence-electron chi connectivity index (χ1n) is 15.1. The van der Waals surface area contributed by atoms with E-state index in [9.17, 15) is 10.2 Å². The van der Waals surface area contributed by atoms with Gasteiger partial charge in [0.1, 0.15) is 0 Å². The molecule has 178 valence electrons. The van der Waals surface area contributed by atoms with Crippen LogP contribution >= 0.6 is 0 Å². The van der Waals surface area contributed by atoms with Crippen LogP contribution in [0.2, 0.25) is 18.1 Å². The first-order chi connectivity index (χ1) is 16.1. The molecule has 2 rings (SSSR count). The third-order valence-corrected chi connectivity index (χ3v) is 13.6. The molecule has 0 bridgehead atoms. The Hall–Kier alpha value is 0.0969. The maximum Gasteiger partial charge on any atom is 0.192 e. The molecule has 0 aromatic heterocycles. The van der Waals surface area contributed by atoms with E-state index in [1.165, 1.54) is 0 Å². The summed E-state index contributed by atoms with van der Waals surface area (Å²) >= 11 is 0. The molecule has 3 nitrogen and oxygen atoms in total. The summed E-state index contributed by atoms with van der Waals surface area (Å²) in [5.41, 5.74) is -2.95. The van der Waals surface area contributed by atoms with Gasteiger partial charge in [-0.2, -0.15) is 0 Å². The van der Waals surface area contributed by atoms with E-state index in [-0.39, 0.29) is 41.4 Å². The van der Waals surface area contributed by atoms with Crippen LogP contribution in [0.15, 0.2) is 0 Å². The highest BCUT2D eigenvalue weighted by atomic mass is 28.4. The van der Waals surface area contributed by atoms with Crippen molar-refractivity contribution in [1.82, 2.24) is 0 Å². The van der Waals surface area contributed by atoms with Crippen LogP contribution in [0.3, 0.4) is 0 Å². The Morgan fingerprint density at radius 3 is 2.30 bits per heavy atom. The van der Waals surface area contributed by atoms with Gasteiger partial charge in [-0.3, -0.25) is 0 Å². The van der Waals surface area contributed by atoms with Gasteiger partial charge in [-0.25, -0.2) is 0 Å². The van der Waals surface area contributed by atoms with E-state index in [1.807, 2.05) is 0 Å². The average molecular weight is 447 g/mol. The van der Waals surface area contributed by atoms with Gasteiger partial charge in [0.05, 0.1) is 5.60 Å². The minimum Gasteiger partial charge on any atom is -0.414 e. The molecule has 0 amide bonds. The van der Waals surface area contributed by atoms with E-state index in [1.54, 1.807) is 0 Å². The summed E-state index contributed by atoms with van der Waals surface area (Å²) in [5, 5.41) is 20.9. The van der Waals surface area contributed by atoms with Gasteiger partial charge in [-0.1, -0.05) is 47.5 Å². The number of rotatable bonds is 9. The molecule has 0 heterocycles. The minimum atomic E-state index is -2.99. The van der Waals surface area contributed by atoms with Gasteiger partial charge in [0.25, 0.3) is 0 Å². The number of fused-ring (bicyclic) bond motifs is 1. The zero-order valence-corrected chi connectivity index (χ0v) is 21.6. The highest BCUT2D eigenvalue weighted by molar-refractivity contribution is 6.74. The fraction of sp³-hybridized carbons (Fsp3) is 1.00. The number of hydrogen-bond acceptors (Lipinski definition) is 3. The Morgan fingerprint density at radius 1 is 1.07 bits per heavy atom. The largest absolute Gasteiger partial charge is 0.414 e. The van der Waals surface area contributed by atoms with Crippen LogP contribution in [-0.2, 0) is 4.43 Å². The number of aliphatic hydroxyl groups is 2. The first-order valence-corrected chi connectivity index (χ1v) is 15.0. The fourth-order valence-corrected chi connectivity index (χ4v) is 7.83. The van der Waals surface area contributed by atoms with Crippen molar-refractivity contribution in [2.24, 2.45) is 22.7 Å². The average Bonchev–Trinajstić information content (AvgIpc) is 3.04. The molecule has 5 atom stereocenters. The second kappa shape index (κ2) is 9.15. The second-order valence-electron chi connectivity index (χ2n) is 12.4. The highest BCUT2D eigenvalue weighted by Gasteiger charge is 2.57. The van der Waals surface area contributed by atoms with Gasteiger partial charge < -0.3 is 14.6 Å². The molecule has 0 saturated heterocycles. The molecular weight excluding hydrogens is 388 g/mol. The predicted octanol–water partition coefficient (Wildman–Crippen LogP) is 6.92. The SMILES string of the molecule is [2H]C([2H])([2H])C(O)(CCCC(C)(CCO)[C@H]1CCC2[C@@H](O[Si](C)(C)C(C)(C)C)CCC[C@@]21C)C([2H])([2H])[2H]. The van der Waals surface area contributed by atoms with Crippen molar-refractivity contribution in [2.75, 3.05) is 6.61 Å². The van der Waals surface area contributed by atoms with Crippen LogP contribution in [-0.4, -0.2) is 36.8 Å². The summed E-state index contributed by atoms with van der Waals surface area (Å²) in [6, 6.07) is 0. The number of aliphatic hydroxyl groups excluding tert-OH is 1.